The van der Waals surface area contributed by atoms with Gasteiger partial charge in [-0.2, -0.15) is 0 Å². The molecule has 0 aliphatic carbocycles. The second-order valence-corrected chi connectivity index (χ2v) is 4.81. The maximum atomic E-state index is 14.3. The average Bonchev–Trinajstić information content (AvgIpc) is 2.34. The fourth-order valence-electron chi connectivity index (χ4n) is 2.43. The summed E-state index contributed by atoms with van der Waals surface area (Å²) in [4.78, 5) is 4.05. The maximum Gasteiger partial charge on any atom is 0.128 e. The Kier molecular flexibility index (Phi) is 3.93. The molecule has 1 aromatic heterocycles. The van der Waals surface area contributed by atoms with E-state index in [0.29, 0.717) is 5.56 Å². The van der Waals surface area contributed by atoms with E-state index in [2.05, 4.69) is 10.4 Å². The van der Waals surface area contributed by atoms with Gasteiger partial charge in [-0.05, 0) is 55.2 Å². The Morgan fingerprint density at radius 3 is 2.53 bits per heavy atom. The van der Waals surface area contributed by atoms with Gasteiger partial charge in [-0.3, -0.25) is 10.8 Å². The van der Waals surface area contributed by atoms with E-state index in [9.17, 15) is 4.39 Å². The van der Waals surface area contributed by atoms with Crippen LogP contribution < -0.4 is 11.3 Å². The first-order valence-corrected chi connectivity index (χ1v) is 6.18. The lowest BCUT2D eigenvalue weighted by Gasteiger charge is -2.21. The van der Waals surface area contributed by atoms with Gasteiger partial charge < -0.3 is 0 Å². The van der Waals surface area contributed by atoms with E-state index >= 15 is 0 Å². The molecule has 0 spiro atoms. The Bertz CT molecular complexity index is 573. The van der Waals surface area contributed by atoms with Gasteiger partial charge in [0.15, 0.2) is 0 Å². The van der Waals surface area contributed by atoms with Crippen molar-refractivity contribution in [3.05, 3.63) is 64.2 Å². The molecular weight excluding hydrogens is 241 g/mol. The predicted molar refractivity (Wildman–Crippen MR) is 74.0 cm³/mol. The van der Waals surface area contributed by atoms with Crippen molar-refractivity contribution in [1.29, 1.82) is 0 Å². The van der Waals surface area contributed by atoms with Crippen molar-refractivity contribution in [1.82, 2.24) is 10.4 Å². The molecule has 0 saturated heterocycles. The van der Waals surface area contributed by atoms with E-state index in [0.717, 1.165) is 22.3 Å². The predicted octanol–water partition coefficient (Wildman–Crippen LogP) is 2.70. The number of nitrogens with one attached hydrogen (secondary N) is 1. The average molecular weight is 259 g/mol. The zero-order chi connectivity index (χ0) is 14.0. The Morgan fingerprint density at radius 1 is 1.21 bits per heavy atom. The van der Waals surface area contributed by atoms with Gasteiger partial charge in [0.2, 0.25) is 0 Å². The van der Waals surface area contributed by atoms with Crippen LogP contribution in [0.5, 0.6) is 0 Å². The minimum Gasteiger partial charge on any atom is -0.271 e. The molecule has 0 saturated carbocycles. The highest BCUT2D eigenvalue weighted by atomic mass is 19.1. The van der Waals surface area contributed by atoms with Crippen LogP contribution in [0.4, 0.5) is 4.39 Å². The lowest BCUT2D eigenvalue weighted by molar-refractivity contribution is 0.554. The molecule has 0 aliphatic heterocycles. The number of nitrogens with zero attached hydrogens (tertiary/aromatic N) is 1. The zero-order valence-corrected chi connectivity index (χ0v) is 11.4. The fraction of sp³-hybridized carbons (Fsp3) is 0.267. The number of hydrogen-bond acceptors (Lipinski definition) is 3. The van der Waals surface area contributed by atoms with Crippen molar-refractivity contribution in [2.75, 3.05) is 0 Å². The summed E-state index contributed by atoms with van der Waals surface area (Å²) in [5, 5.41) is 0. The number of hydrogen-bond donors (Lipinski definition) is 2. The molecule has 3 nitrogen and oxygen atoms in total. The third-order valence-corrected chi connectivity index (χ3v) is 3.31. The third kappa shape index (κ3) is 2.64. The Labute approximate surface area is 112 Å². The number of aromatic nitrogens is 1. The van der Waals surface area contributed by atoms with Crippen molar-refractivity contribution in [3.63, 3.8) is 0 Å². The molecule has 1 heterocycles. The first-order chi connectivity index (χ1) is 9.04. The number of hydrazine groups is 1. The summed E-state index contributed by atoms with van der Waals surface area (Å²) >= 11 is 0. The van der Waals surface area contributed by atoms with Gasteiger partial charge >= 0.3 is 0 Å². The molecule has 0 fully saturated rings. The summed E-state index contributed by atoms with van der Waals surface area (Å²) in [6.45, 7) is 5.71. The number of rotatable bonds is 3. The van der Waals surface area contributed by atoms with Crippen LogP contribution in [0, 0.1) is 26.6 Å². The highest BCUT2D eigenvalue weighted by Gasteiger charge is 2.20. The molecule has 1 unspecified atom stereocenters. The van der Waals surface area contributed by atoms with E-state index in [1.807, 2.05) is 32.9 Å². The third-order valence-electron chi connectivity index (χ3n) is 3.31. The van der Waals surface area contributed by atoms with E-state index in [-0.39, 0.29) is 11.9 Å². The summed E-state index contributed by atoms with van der Waals surface area (Å²) in [6, 6.07) is 4.98. The largest absolute Gasteiger partial charge is 0.271 e. The number of pyridine rings is 1. The lowest BCUT2D eigenvalue weighted by atomic mass is 9.92. The van der Waals surface area contributed by atoms with E-state index in [1.54, 1.807) is 12.4 Å². The van der Waals surface area contributed by atoms with Gasteiger partial charge in [0.1, 0.15) is 5.82 Å². The molecule has 0 bridgehead atoms. The molecule has 2 rings (SSSR count). The van der Waals surface area contributed by atoms with Gasteiger partial charge in [-0.1, -0.05) is 6.07 Å². The Balaban J connectivity index is 2.58. The Morgan fingerprint density at radius 2 is 1.95 bits per heavy atom. The SMILES string of the molecule is Cc1cc(C)c(C(NN)c2ccncc2C)c(F)c1. The quantitative estimate of drug-likeness (QED) is 0.658. The molecule has 4 heteroatoms. The van der Waals surface area contributed by atoms with Gasteiger partial charge in [0.05, 0.1) is 6.04 Å². The summed E-state index contributed by atoms with van der Waals surface area (Å²) in [7, 11) is 0. The summed E-state index contributed by atoms with van der Waals surface area (Å²) in [6.07, 6.45) is 3.44. The topological polar surface area (TPSA) is 50.9 Å². The van der Waals surface area contributed by atoms with Crippen LogP contribution in [-0.2, 0) is 0 Å². The highest BCUT2D eigenvalue weighted by Crippen LogP contribution is 2.29. The Hall–Kier alpha value is -1.78. The minimum atomic E-state index is -0.372. The van der Waals surface area contributed by atoms with Gasteiger partial charge in [0, 0.05) is 18.0 Å². The molecule has 0 aliphatic rings. The van der Waals surface area contributed by atoms with Crippen LogP contribution in [-0.4, -0.2) is 4.98 Å². The molecule has 3 N–H and O–H groups in total. The van der Waals surface area contributed by atoms with Crippen LogP contribution in [0.3, 0.4) is 0 Å². The van der Waals surface area contributed by atoms with Crippen molar-refractivity contribution < 1.29 is 4.39 Å². The van der Waals surface area contributed by atoms with E-state index in [1.165, 1.54) is 6.07 Å². The van der Waals surface area contributed by atoms with Crippen LogP contribution in [0.2, 0.25) is 0 Å². The van der Waals surface area contributed by atoms with E-state index < -0.39 is 0 Å². The van der Waals surface area contributed by atoms with Gasteiger partial charge in [0.25, 0.3) is 0 Å². The maximum absolute atomic E-state index is 14.3. The van der Waals surface area contributed by atoms with Crippen molar-refractivity contribution in [3.8, 4) is 0 Å². The molecule has 0 amide bonds. The summed E-state index contributed by atoms with van der Waals surface area (Å²) in [5.41, 5.74) is 6.99. The summed E-state index contributed by atoms with van der Waals surface area (Å²) in [5.74, 6) is 5.41. The number of nitrogens with two attached hydrogens (primary N) is 1. The molecule has 100 valence electrons. The lowest BCUT2D eigenvalue weighted by Crippen LogP contribution is -2.30. The molecule has 2 aromatic rings. The van der Waals surface area contributed by atoms with Gasteiger partial charge in [-0.25, -0.2) is 9.82 Å². The number of halogens is 1. The fourth-order valence-corrected chi connectivity index (χ4v) is 2.43. The monoisotopic (exact) mass is 259 g/mol. The molecule has 0 radical (unpaired) electrons. The second-order valence-electron chi connectivity index (χ2n) is 4.81. The number of benzene rings is 1. The smallest absolute Gasteiger partial charge is 0.128 e. The van der Waals surface area contributed by atoms with Crippen LogP contribution >= 0.6 is 0 Å². The first kappa shape index (κ1) is 13.6. The molecular formula is C15H18FN3. The molecule has 1 aromatic carbocycles. The van der Waals surface area contributed by atoms with Crippen molar-refractivity contribution in [2.24, 2.45) is 5.84 Å². The first-order valence-electron chi connectivity index (χ1n) is 6.18. The highest BCUT2D eigenvalue weighted by molar-refractivity contribution is 5.41. The van der Waals surface area contributed by atoms with Crippen molar-refractivity contribution in [2.45, 2.75) is 26.8 Å². The van der Waals surface area contributed by atoms with Crippen LogP contribution in [0.25, 0.3) is 0 Å². The second kappa shape index (κ2) is 5.47. The van der Waals surface area contributed by atoms with Crippen LogP contribution in [0.15, 0.2) is 30.6 Å². The van der Waals surface area contributed by atoms with E-state index in [4.69, 9.17) is 5.84 Å². The molecule has 1 atom stereocenters. The molecule has 19 heavy (non-hydrogen) atoms. The summed E-state index contributed by atoms with van der Waals surface area (Å²) < 4.78 is 14.3. The normalized spacial score (nSPS) is 12.5. The number of aryl methyl sites for hydroxylation is 3. The van der Waals surface area contributed by atoms with Crippen LogP contribution in [0.1, 0.15) is 33.9 Å². The minimum absolute atomic E-state index is 0.239. The zero-order valence-electron chi connectivity index (χ0n) is 11.4. The van der Waals surface area contributed by atoms with Gasteiger partial charge in [-0.15, -0.1) is 0 Å². The standard InChI is InChI=1S/C15H18FN3/c1-9-6-10(2)14(13(16)7-9)15(19-17)12-4-5-18-8-11(12)3/h4-8,15,19H,17H2,1-3H3. The van der Waals surface area contributed by atoms with Crippen molar-refractivity contribution >= 4 is 0 Å².